The molecular weight excluding hydrogens is 358 g/mol. The first-order chi connectivity index (χ1) is 12.8. The topological polar surface area (TPSA) is 72.7 Å². The van der Waals surface area contributed by atoms with Crippen LogP contribution in [0, 0.1) is 0 Å². The molecule has 0 fully saturated rings. The summed E-state index contributed by atoms with van der Waals surface area (Å²) >= 11 is 1.39. The van der Waals surface area contributed by atoms with Crippen molar-refractivity contribution >= 4 is 17.7 Å². The summed E-state index contributed by atoms with van der Waals surface area (Å²) in [6, 6.07) is 13.7. The number of carbonyl (C=O) groups is 1. The highest BCUT2D eigenvalue weighted by atomic mass is 32.2. The number of carbonyl (C=O) groups excluding carboxylic acids is 1. The number of benzene rings is 1. The van der Waals surface area contributed by atoms with E-state index in [1.165, 1.54) is 11.8 Å². The highest BCUT2D eigenvalue weighted by molar-refractivity contribution is 8.00. The van der Waals surface area contributed by atoms with Crippen LogP contribution in [-0.2, 0) is 4.79 Å². The van der Waals surface area contributed by atoms with Crippen molar-refractivity contribution < 1.29 is 4.79 Å². The van der Waals surface area contributed by atoms with Crippen LogP contribution in [0.15, 0.2) is 60.0 Å². The van der Waals surface area contributed by atoms with Crippen LogP contribution in [0.2, 0.25) is 0 Å². The molecule has 6 nitrogen and oxygen atoms in total. The van der Waals surface area contributed by atoms with E-state index in [1.807, 2.05) is 74.7 Å². The number of amides is 1. The Morgan fingerprint density at radius 2 is 1.74 bits per heavy atom. The maximum atomic E-state index is 12.5. The van der Waals surface area contributed by atoms with Crippen LogP contribution in [0.1, 0.15) is 27.7 Å². The van der Waals surface area contributed by atoms with Crippen molar-refractivity contribution in [3.8, 4) is 17.1 Å². The first kappa shape index (κ1) is 19.1. The van der Waals surface area contributed by atoms with Gasteiger partial charge >= 0.3 is 0 Å². The standard InChI is InChI=1S/C20H23N5OS/c1-14(18(26)22-20(2,3)4)27-19-24-23-17(15-10-12-21-13-11-15)25(19)16-8-6-5-7-9-16/h5-14H,1-4H3,(H,22,26). The average Bonchev–Trinajstić information content (AvgIpc) is 3.05. The smallest absolute Gasteiger partial charge is 0.233 e. The van der Waals surface area contributed by atoms with Gasteiger partial charge in [0.05, 0.1) is 5.25 Å². The van der Waals surface area contributed by atoms with Gasteiger partial charge in [0.25, 0.3) is 0 Å². The van der Waals surface area contributed by atoms with Crippen molar-refractivity contribution in [2.45, 2.75) is 43.6 Å². The molecule has 1 amide bonds. The van der Waals surface area contributed by atoms with Crippen molar-refractivity contribution in [2.24, 2.45) is 0 Å². The van der Waals surface area contributed by atoms with Crippen molar-refractivity contribution in [2.75, 3.05) is 0 Å². The van der Waals surface area contributed by atoms with Crippen molar-refractivity contribution in [3.05, 3.63) is 54.9 Å². The molecule has 0 bridgehead atoms. The fourth-order valence-corrected chi connectivity index (χ4v) is 3.39. The maximum absolute atomic E-state index is 12.5. The summed E-state index contributed by atoms with van der Waals surface area (Å²) in [4.78, 5) is 16.6. The predicted octanol–water partition coefficient (Wildman–Crippen LogP) is 3.72. The molecule has 0 aliphatic rings. The lowest BCUT2D eigenvalue weighted by molar-refractivity contribution is -0.121. The summed E-state index contributed by atoms with van der Waals surface area (Å²) in [5.41, 5.74) is 1.58. The van der Waals surface area contributed by atoms with Gasteiger partial charge in [0.15, 0.2) is 11.0 Å². The molecule has 2 heterocycles. The fraction of sp³-hybridized carbons (Fsp3) is 0.300. The summed E-state index contributed by atoms with van der Waals surface area (Å²) < 4.78 is 1.97. The van der Waals surface area contributed by atoms with E-state index in [0.29, 0.717) is 5.16 Å². The van der Waals surface area contributed by atoms with E-state index in [9.17, 15) is 4.79 Å². The zero-order valence-corrected chi connectivity index (χ0v) is 16.7. The van der Waals surface area contributed by atoms with E-state index in [-0.39, 0.29) is 16.7 Å². The molecule has 1 unspecified atom stereocenters. The van der Waals surface area contributed by atoms with Gasteiger partial charge < -0.3 is 5.32 Å². The van der Waals surface area contributed by atoms with Crippen molar-refractivity contribution in [3.63, 3.8) is 0 Å². The number of hydrogen-bond donors (Lipinski definition) is 1. The molecule has 3 rings (SSSR count). The van der Waals surface area contributed by atoms with E-state index in [2.05, 4.69) is 20.5 Å². The van der Waals surface area contributed by atoms with Gasteiger partial charge in [0, 0.05) is 29.2 Å². The molecule has 27 heavy (non-hydrogen) atoms. The Morgan fingerprint density at radius 3 is 2.37 bits per heavy atom. The van der Waals surface area contributed by atoms with Gasteiger partial charge in [0.2, 0.25) is 5.91 Å². The van der Waals surface area contributed by atoms with Gasteiger partial charge in [0.1, 0.15) is 0 Å². The van der Waals surface area contributed by atoms with Gasteiger partial charge in [-0.1, -0.05) is 30.0 Å². The normalized spacial score (nSPS) is 12.6. The second-order valence-electron chi connectivity index (χ2n) is 7.21. The number of nitrogens with zero attached hydrogens (tertiary/aromatic N) is 4. The largest absolute Gasteiger partial charge is 0.351 e. The third-order valence-electron chi connectivity index (χ3n) is 3.74. The number of hydrogen-bond acceptors (Lipinski definition) is 5. The summed E-state index contributed by atoms with van der Waals surface area (Å²) in [6.07, 6.45) is 3.46. The molecule has 140 valence electrons. The summed E-state index contributed by atoms with van der Waals surface area (Å²) in [6.45, 7) is 7.78. The Morgan fingerprint density at radius 1 is 1.07 bits per heavy atom. The number of pyridine rings is 1. The first-order valence-electron chi connectivity index (χ1n) is 8.75. The van der Waals surface area contributed by atoms with Crippen molar-refractivity contribution in [1.29, 1.82) is 0 Å². The average molecular weight is 382 g/mol. The Labute approximate surface area is 163 Å². The van der Waals surface area contributed by atoms with E-state index in [0.717, 1.165) is 17.1 Å². The van der Waals surface area contributed by atoms with Crippen LogP contribution < -0.4 is 5.32 Å². The molecular formula is C20H23N5OS. The minimum atomic E-state index is -0.304. The van der Waals surface area contributed by atoms with Crippen LogP contribution in [-0.4, -0.2) is 36.4 Å². The lowest BCUT2D eigenvalue weighted by atomic mass is 10.1. The Bertz CT molecular complexity index is 903. The maximum Gasteiger partial charge on any atom is 0.233 e. The number of nitrogens with one attached hydrogen (secondary N) is 1. The molecule has 2 aromatic heterocycles. The van der Waals surface area contributed by atoms with Gasteiger partial charge in [-0.05, 0) is 52.0 Å². The minimum Gasteiger partial charge on any atom is -0.351 e. The molecule has 0 spiro atoms. The molecule has 0 radical (unpaired) electrons. The molecule has 0 aliphatic carbocycles. The monoisotopic (exact) mass is 381 g/mol. The van der Waals surface area contributed by atoms with E-state index >= 15 is 0 Å². The number of rotatable bonds is 5. The summed E-state index contributed by atoms with van der Waals surface area (Å²) in [5, 5.41) is 12.1. The Hall–Kier alpha value is -2.67. The second-order valence-corrected chi connectivity index (χ2v) is 8.52. The third kappa shape index (κ3) is 4.74. The van der Waals surface area contributed by atoms with E-state index < -0.39 is 0 Å². The first-order valence-corrected chi connectivity index (χ1v) is 9.63. The molecule has 1 aromatic carbocycles. The lowest BCUT2D eigenvalue weighted by Gasteiger charge is -2.23. The van der Waals surface area contributed by atoms with E-state index in [1.54, 1.807) is 12.4 Å². The van der Waals surface area contributed by atoms with Crippen LogP contribution >= 0.6 is 11.8 Å². The molecule has 1 atom stereocenters. The zero-order chi connectivity index (χ0) is 19.4. The number of thioether (sulfide) groups is 1. The molecule has 0 aliphatic heterocycles. The molecule has 3 aromatic rings. The fourth-order valence-electron chi connectivity index (χ4n) is 2.53. The van der Waals surface area contributed by atoms with Crippen LogP contribution in [0.3, 0.4) is 0 Å². The zero-order valence-electron chi connectivity index (χ0n) is 15.9. The van der Waals surface area contributed by atoms with Crippen LogP contribution in [0.25, 0.3) is 17.1 Å². The van der Waals surface area contributed by atoms with Crippen molar-refractivity contribution in [1.82, 2.24) is 25.1 Å². The Kier molecular flexibility index (Phi) is 5.60. The highest BCUT2D eigenvalue weighted by Crippen LogP contribution is 2.30. The SMILES string of the molecule is CC(Sc1nnc(-c2ccncc2)n1-c1ccccc1)C(=O)NC(C)(C)C. The molecule has 1 N–H and O–H groups in total. The van der Waals surface area contributed by atoms with Gasteiger partial charge in [-0.25, -0.2) is 0 Å². The van der Waals surface area contributed by atoms with Gasteiger partial charge in [-0.15, -0.1) is 10.2 Å². The predicted molar refractivity (Wildman–Crippen MR) is 108 cm³/mol. The molecule has 0 saturated carbocycles. The van der Waals surface area contributed by atoms with E-state index in [4.69, 9.17) is 0 Å². The quantitative estimate of drug-likeness (QED) is 0.682. The number of para-hydroxylation sites is 1. The highest BCUT2D eigenvalue weighted by Gasteiger charge is 2.24. The van der Waals surface area contributed by atoms with Gasteiger partial charge in [-0.3, -0.25) is 14.3 Å². The second kappa shape index (κ2) is 7.92. The summed E-state index contributed by atoms with van der Waals surface area (Å²) in [5.74, 6) is 0.690. The van der Waals surface area contributed by atoms with Gasteiger partial charge in [-0.2, -0.15) is 0 Å². The molecule has 7 heteroatoms. The number of aromatic nitrogens is 4. The lowest BCUT2D eigenvalue weighted by Crippen LogP contribution is -2.44. The third-order valence-corrected chi connectivity index (χ3v) is 4.78. The summed E-state index contributed by atoms with van der Waals surface area (Å²) in [7, 11) is 0. The minimum absolute atomic E-state index is 0.0272. The van der Waals surface area contributed by atoms with Crippen LogP contribution in [0.5, 0.6) is 0 Å². The Balaban J connectivity index is 1.97. The molecule has 0 saturated heterocycles. The van der Waals surface area contributed by atoms with Crippen LogP contribution in [0.4, 0.5) is 0 Å².